The van der Waals surface area contributed by atoms with Crippen LogP contribution in [0.4, 0.5) is 0 Å². The van der Waals surface area contributed by atoms with Crippen molar-refractivity contribution in [3.05, 3.63) is 18.2 Å². The molecule has 0 saturated heterocycles. The number of hydrogen-bond acceptors (Lipinski definition) is 8. The predicted molar refractivity (Wildman–Crippen MR) is 140 cm³/mol. The number of carboxylic acid groups (broad SMARTS) is 2. The minimum Gasteiger partial charge on any atom is -0.481 e. The number of aromatic nitrogens is 2. The first kappa shape index (κ1) is 32.8. The first-order valence-electron chi connectivity index (χ1n) is 12.5. The first-order valence-corrected chi connectivity index (χ1v) is 12.5. The average Bonchev–Trinajstić information content (AvgIpc) is 3.38. The van der Waals surface area contributed by atoms with Gasteiger partial charge in [-0.05, 0) is 25.2 Å². The van der Waals surface area contributed by atoms with Gasteiger partial charge in [0.15, 0.2) is 5.96 Å². The summed E-state index contributed by atoms with van der Waals surface area (Å²) in [4.78, 5) is 72.0. The second kappa shape index (κ2) is 16.6. The smallest absolute Gasteiger partial charge is 0.326 e. The van der Waals surface area contributed by atoms with Crippen LogP contribution in [0.5, 0.6) is 0 Å². The lowest BCUT2D eigenvalue weighted by Gasteiger charge is -2.28. The summed E-state index contributed by atoms with van der Waals surface area (Å²) in [5.74, 6) is -5.29. The molecule has 0 aliphatic rings. The van der Waals surface area contributed by atoms with E-state index in [1.165, 1.54) is 12.5 Å². The fourth-order valence-corrected chi connectivity index (χ4v) is 3.52. The number of carboxylic acids is 2. The van der Waals surface area contributed by atoms with Gasteiger partial charge in [-0.2, -0.15) is 0 Å². The van der Waals surface area contributed by atoms with Crippen LogP contribution in [0.1, 0.15) is 51.6 Å². The van der Waals surface area contributed by atoms with Crippen LogP contribution in [0.15, 0.2) is 17.5 Å². The minimum atomic E-state index is -1.47. The molecule has 0 spiro atoms. The van der Waals surface area contributed by atoms with Gasteiger partial charge < -0.3 is 48.3 Å². The zero-order chi connectivity index (χ0) is 29.5. The van der Waals surface area contributed by atoms with Gasteiger partial charge in [0.1, 0.15) is 18.1 Å². The van der Waals surface area contributed by atoms with Gasteiger partial charge in [0.05, 0.1) is 12.4 Å². The molecule has 218 valence electrons. The lowest BCUT2D eigenvalue weighted by molar-refractivity contribution is -0.143. The molecule has 3 amide bonds. The quantitative estimate of drug-likeness (QED) is 0.0533. The second-order valence-electron chi connectivity index (χ2n) is 9.10. The SMILES string of the molecule is CCC(C)C(NC(=O)C(CCCN=C(N)N)NC(=O)C(N)Cc1cnc[nH]1)C(=O)NC(CCC(=O)O)C(=O)O. The van der Waals surface area contributed by atoms with Crippen molar-refractivity contribution in [3.8, 4) is 0 Å². The van der Waals surface area contributed by atoms with Crippen molar-refractivity contribution in [1.82, 2.24) is 25.9 Å². The summed E-state index contributed by atoms with van der Waals surface area (Å²) in [7, 11) is 0. The van der Waals surface area contributed by atoms with Crippen molar-refractivity contribution < 1.29 is 34.2 Å². The van der Waals surface area contributed by atoms with Crippen LogP contribution in [-0.2, 0) is 30.4 Å². The van der Waals surface area contributed by atoms with E-state index in [4.69, 9.17) is 22.3 Å². The Morgan fingerprint density at radius 2 is 1.69 bits per heavy atom. The number of carbonyl (C=O) groups is 5. The monoisotopic (exact) mass is 553 g/mol. The van der Waals surface area contributed by atoms with E-state index in [0.717, 1.165) is 0 Å². The number of amides is 3. The normalized spacial score (nSPS) is 14.6. The maximum absolute atomic E-state index is 13.3. The lowest BCUT2D eigenvalue weighted by atomic mass is 9.96. The molecule has 5 unspecified atom stereocenters. The summed E-state index contributed by atoms with van der Waals surface area (Å²) in [5, 5.41) is 25.8. The number of nitrogens with one attached hydrogen (secondary N) is 4. The lowest BCUT2D eigenvalue weighted by Crippen LogP contribution is -2.58. The summed E-state index contributed by atoms with van der Waals surface area (Å²) >= 11 is 0. The molecule has 0 saturated carbocycles. The third kappa shape index (κ3) is 12.3. The Balaban J connectivity index is 3.03. The van der Waals surface area contributed by atoms with Crippen molar-refractivity contribution in [3.63, 3.8) is 0 Å². The van der Waals surface area contributed by atoms with E-state index in [0.29, 0.717) is 18.5 Å². The average molecular weight is 554 g/mol. The van der Waals surface area contributed by atoms with Gasteiger partial charge in [-0.25, -0.2) is 9.78 Å². The molecule has 0 aliphatic heterocycles. The number of H-pyrrole nitrogens is 1. The first-order chi connectivity index (χ1) is 18.3. The molecule has 0 radical (unpaired) electrons. The third-order valence-electron chi connectivity index (χ3n) is 5.96. The molecule has 1 aromatic rings. The largest absolute Gasteiger partial charge is 0.481 e. The van der Waals surface area contributed by atoms with Crippen LogP contribution in [0.3, 0.4) is 0 Å². The van der Waals surface area contributed by atoms with E-state index >= 15 is 0 Å². The van der Waals surface area contributed by atoms with E-state index < -0.39 is 66.2 Å². The van der Waals surface area contributed by atoms with Crippen LogP contribution in [-0.4, -0.2) is 86.5 Å². The highest BCUT2D eigenvalue weighted by molar-refractivity contribution is 5.94. The summed E-state index contributed by atoms with van der Waals surface area (Å²) in [5.41, 5.74) is 17.3. The van der Waals surface area contributed by atoms with Gasteiger partial charge in [0, 0.05) is 31.3 Å². The molecule has 1 heterocycles. The number of imidazole rings is 1. The Hall–Kier alpha value is -4.21. The van der Waals surface area contributed by atoms with Crippen LogP contribution in [0.2, 0.25) is 0 Å². The highest BCUT2D eigenvalue weighted by atomic mass is 16.4. The molecule has 0 fully saturated rings. The van der Waals surface area contributed by atoms with Gasteiger partial charge in [-0.1, -0.05) is 20.3 Å². The Morgan fingerprint density at radius 1 is 1.03 bits per heavy atom. The maximum atomic E-state index is 13.3. The topological polar surface area (TPSA) is 281 Å². The fraction of sp³-hybridized carbons (Fsp3) is 0.609. The summed E-state index contributed by atoms with van der Waals surface area (Å²) in [6.07, 6.45) is 3.15. The standard InChI is InChI=1S/C23H39N9O7/c1-3-12(2)18(21(37)31-16(22(38)39)6-7-17(33)34)32-20(36)15(5-4-8-28-23(25)26)30-19(35)14(24)9-13-10-27-11-29-13/h10-12,14-16,18H,3-9,24H2,1-2H3,(H,27,29)(H,30,35)(H,31,37)(H,32,36)(H,33,34)(H,38,39)(H4,25,26,28). The number of hydrogen-bond donors (Lipinski definition) is 9. The van der Waals surface area contributed by atoms with Crippen LogP contribution in [0, 0.1) is 5.92 Å². The van der Waals surface area contributed by atoms with Crippen molar-refractivity contribution in [2.75, 3.05) is 6.54 Å². The molecule has 39 heavy (non-hydrogen) atoms. The van der Waals surface area contributed by atoms with Gasteiger partial charge in [-0.3, -0.25) is 24.2 Å². The molecule has 0 aromatic carbocycles. The Bertz CT molecular complexity index is 996. The summed E-state index contributed by atoms with van der Waals surface area (Å²) < 4.78 is 0. The molecule has 1 rings (SSSR count). The van der Waals surface area contributed by atoms with Crippen LogP contribution in [0.25, 0.3) is 0 Å². The van der Waals surface area contributed by atoms with Crippen molar-refractivity contribution in [2.24, 2.45) is 28.1 Å². The van der Waals surface area contributed by atoms with Crippen molar-refractivity contribution in [1.29, 1.82) is 0 Å². The Morgan fingerprint density at radius 3 is 2.23 bits per heavy atom. The zero-order valence-corrected chi connectivity index (χ0v) is 22.1. The van der Waals surface area contributed by atoms with Crippen LogP contribution < -0.4 is 33.2 Å². The summed E-state index contributed by atoms with van der Waals surface area (Å²) in [6, 6.07) is -4.74. The van der Waals surface area contributed by atoms with E-state index in [1.807, 2.05) is 0 Å². The van der Waals surface area contributed by atoms with Gasteiger partial charge in [-0.15, -0.1) is 0 Å². The molecule has 16 heteroatoms. The molecule has 5 atom stereocenters. The number of aliphatic imine (C=N–C) groups is 1. The van der Waals surface area contributed by atoms with Gasteiger partial charge in [0.25, 0.3) is 0 Å². The zero-order valence-electron chi connectivity index (χ0n) is 22.1. The number of nitrogens with two attached hydrogens (primary N) is 3. The van der Waals surface area contributed by atoms with E-state index in [1.54, 1.807) is 13.8 Å². The molecular weight excluding hydrogens is 514 g/mol. The molecule has 16 nitrogen and oxygen atoms in total. The highest BCUT2D eigenvalue weighted by Gasteiger charge is 2.32. The predicted octanol–water partition coefficient (Wildman–Crippen LogP) is -2.22. The fourth-order valence-electron chi connectivity index (χ4n) is 3.52. The molecule has 1 aromatic heterocycles. The minimum absolute atomic E-state index is 0.107. The van der Waals surface area contributed by atoms with E-state index in [-0.39, 0.29) is 31.8 Å². The van der Waals surface area contributed by atoms with Crippen LogP contribution >= 0.6 is 0 Å². The second-order valence-corrected chi connectivity index (χ2v) is 9.10. The Labute approximate surface area is 225 Å². The summed E-state index contributed by atoms with van der Waals surface area (Å²) in [6.45, 7) is 3.64. The maximum Gasteiger partial charge on any atom is 0.326 e. The molecular formula is C23H39N9O7. The molecule has 0 bridgehead atoms. The van der Waals surface area contributed by atoms with Crippen molar-refractivity contribution in [2.45, 2.75) is 76.5 Å². The van der Waals surface area contributed by atoms with Gasteiger partial charge >= 0.3 is 11.9 Å². The number of carbonyl (C=O) groups excluding carboxylic acids is 3. The number of rotatable bonds is 18. The number of nitrogens with zero attached hydrogens (tertiary/aromatic N) is 2. The van der Waals surface area contributed by atoms with E-state index in [2.05, 4.69) is 30.9 Å². The Kier molecular flexibility index (Phi) is 14.0. The van der Waals surface area contributed by atoms with Crippen molar-refractivity contribution >= 4 is 35.6 Å². The highest BCUT2D eigenvalue weighted by Crippen LogP contribution is 2.11. The van der Waals surface area contributed by atoms with Gasteiger partial charge in [0.2, 0.25) is 17.7 Å². The molecule has 12 N–H and O–H groups in total. The number of aromatic amines is 1. The number of guanidine groups is 1. The number of aliphatic carboxylic acids is 2. The van der Waals surface area contributed by atoms with E-state index in [9.17, 15) is 29.1 Å². The third-order valence-corrected chi connectivity index (χ3v) is 5.96. The molecule has 0 aliphatic carbocycles.